The van der Waals surface area contributed by atoms with Gasteiger partial charge in [-0.3, -0.25) is 14.5 Å². The van der Waals surface area contributed by atoms with Gasteiger partial charge in [-0.15, -0.1) is 11.3 Å². The summed E-state index contributed by atoms with van der Waals surface area (Å²) in [5.74, 6) is -0.213. The Hall–Kier alpha value is -1.47. The number of carbonyl (C=O) groups excluding carboxylic acids is 2. The summed E-state index contributed by atoms with van der Waals surface area (Å²) in [6, 6.07) is 0. The van der Waals surface area contributed by atoms with Gasteiger partial charge < -0.3 is 10.6 Å². The lowest BCUT2D eigenvalue weighted by atomic mass is 10.2. The number of primary amides is 1. The number of aromatic nitrogens is 1. The lowest BCUT2D eigenvalue weighted by Gasteiger charge is -2.34. The van der Waals surface area contributed by atoms with Crippen molar-refractivity contribution in [2.75, 3.05) is 26.2 Å². The summed E-state index contributed by atoms with van der Waals surface area (Å²) in [5, 5.41) is 3.30. The third kappa shape index (κ3) is 5.06. The van der Waals surface area contributed by atoms with E-state index in [9.17, 15) is 9.59 Å². The predicted octanol–water partition coefficient (Wildman–Crippen LogP) is 1.01. The summed E-state index contributed by atoms with van der Waals surface area (Å²) < 4.78 is 0. The molecule has 0 radical (unpaired) electrons. The Bertz CT molecular complexity index is 509. The highest BCUT2D eigenvalue weighted by Gasteiger charge is 2.21. The zero-order valence-corrected chi connectivity index (χ0v) is 13.9. The van der Waals surface area contributed by atoms with E-state index in [-0.39, 0.29) is 18.2 Å². The highest BCUT2D eigenvalue weighted by atomic mass is 32.1. The molecule has 0 aromatic carbocycles. The smallest absolute Gasteiger partial charge is 0.222 e. The number of carbonyl (C=O) groups is 2. The van der Waals surface area contributed by atoms with Crippen molar-refractivity contribution in [3.8, 4) is 0 Å². The normalized spacial score (nSPS) is 16.0. The third-order valence-electron chi connectivity index (χ3n) is 3.83. The van der Waals surface area contributed by atoms with Crippen LogP contribution < -0.4 is 5.73 Å². The van der Waals surface area contributed by atoms with Crippen LogP contribution in [0.25, 0.3) is 0 Å². The van der Waals surface area contributed by atoms with Crippen molar-refractivity contribution < 1.29 is 9.59 Å². The van der Waals surface area contributed by atoms with Crippen molar-refractivity contribution in [1.82, 2.24) is 14.8 Å². The molecule has 22 heavy (non-hydrogen) atoms. The third-order valence-corrected chi connectivity index (χ3v) is 4.87. The standard InChI is InChI=1S/C15H24N4O2S/c1-2-14-17-12(11-22-14)10-18-6-8-19(9-7-18)15(21)5-3-4-13(16)20/h11H,2-10H2,1H3,(H2,16,20). The van der Waals surface area contributed by atoms with E-state index in [4.69, 9.17) is 5.73 Å². The monoisotopic (exact) mass is 324 g/mol. The van der Waals surface area contributed by atoms with Crippen LogP contribution in [0.2, 0.25) is 0 Å². The topological polar surface area (TPSA) is 79.5 Å². The van der Waals surface area contributed by atoms with Crippen LogP contribution in [-0.2, 0) is 22.6 Å². The van der Waals surface area contributed by atoms with Crippen molar-refractivity contribution in [2.45, 2.75) is 39.2 Å². The van der Waals surface area contributed by atoms with Gasteiger partial charge in [-0.05, 0) is 12.8 Å². The molecule has 1 aromatic rings. The van der Waals surface area contributed by atoms with E-state index in [0.717, 1.165) is 44.8 Å². The summed E-state index contributed by atoms with van der Waals surface area (Å²) in [7, 11) is 0. The maximum atomic E-state index is 12.0. The molecule has 2 N–H and O–H groups in total. The van der Waals surface area contributed by atoms with Crippen LogP contribution in [-0.4, -0.2) is 52.8 Å². The maximum Gasteiger partial charge on any atom is 0.222 e. The number of aryl methyl sites for hydroxylation is 1. The second-order valence-electron chi connectivity index (χ2n) is 5.56. The molecular weight excluding hydrogens is 300 g/mol. The number of amides is 2. The van der Waals surface area contributed by atoms with Crippen LogP contribution in [0.3, 0.4) is 0 Å². The molecule has 0 atom stereocenters. The first-order valence-corrected chi connectivity index (χ1v) is 8.68. The molecule has 1 fully saturated rings. The van der Waals surface area contributed by atoms with E-state index in [1.165, 1.54) is 5.01 Å². The number of nitrogens with zero attached hydrogens (tertiary/aromatic N) is 3. The van der Waals surface area contributed by atoms with E-state index in [1.807, 2.05) is 4.90 Å². The largest absolute Gasteiger partial charge is 0.370 e. The van der Waals surface area contributed by atoms with Gasteiger partial charge in [0.2, 0.25) is 11.8 Å². The quantitative estimate of drug-likeness (QED) is 0.811. The second-order valence-corrected chi connectivity index (χ2v) is 6.51. The Morgan fingerprint density at radius 2 is 2.00 bits per heavy atom. The molecule has 1 aliphatic heterocycles. The minimum atomic E-state index is -0.340. The van der Waals surface area contributed by atoms with E-state index in [2.05, 4.69) is 22.2 Å². The van der Waals surface area contributed by atoms with Gasteiger partial charge >= 0.3 is 0 Å². The Kier molecular flexibility index (Phi) is 6.33. The lowest BCUT2D eigenvalue weighted by Crippen LogP contribution is -2.48. The Labute approximate surface area is 135 Å². The highest BCUT2D eigenvalue weighted by molar-refractivity contribution is 7.09. The molecule has 7 heteroatoms. The van der Waals surface area contributed by atoms with E-state index < -0.39 is 0 Å². The van der Waals surface area contributed by atoms with Crippen molar-refractivity contribution in [2.24, 2.45) is 5.73 Å². The molecule has 2 heterocycles. The lowest BCUT2D eigenvalue weighted by molar-refractivity contribution is -0.133. The molecule has 122 valence electrons. The Morgan fingerprint density at radius 3 is 2.59 bits per heavy atom. The summed E-state index contributed by atoms with van der Waals surface area (Å²) in [5.41, 5.74) is 6.21. The van der Waals surface area contributed by atoms with Gasteiger partial charge in [0, 0.05) is 50.9 Å². The molecule has 0 aliphatic carbocycles. The molecule has 0 bridgehead atoms. The number of piperazine rings is 1. The van der Waals surface area contributed by atoms with E-state index in [1.54, 1.807) is 11.3 Å². The first-order valence-electron chi connectivity index (χ1n) is 7.80. The van der Waals surface area contributed by atoms with Crippen molar-refractivity contribution in [3.63, 3.8) is 0 Å². The Balaban J connectivity index is 1.70. The minimum Gasteiger partial charge on any atom is -0.370 e. The summed E-state index contributed by atoms with van der Waals surface area (Å²) in [4.78, 5) is 31.5. The molecule has 1 aromatic heterocycles. The fourth-order valence-electron chi connectivity index (χ4n) is 2.54. The van der Waals surface area contributed by atoms with Gasteiger partial charge in [-0.2, -0.15) is 0 Å². The average Bonchev–Trinajstić information content (AvgIpc) is 2.95. The Morgan fingerprint density at radius 1 is 1.27 bits per heavy atom. The van der Waals surface area contributed by atoms with Gasteiger partial charge in [0.05, 0.1) is 10.7 Å². The van der Waals surface area contributed by atoms with Gasteiger partial charge in [0.15, 0.2) is 0 Å². The molecule has 0 spiro atoms. The molecule has 1 aliphatic rings. The maximum absolute atomic E-state index is 12.0. The van der Waals surface area contributed by atoms with E-state index in [0.29, 0.717) is 12.8 Å². The fraction of sp³-hybridized carbons (Fsp3) is 0.667. The fourth-order valence-corrected chi connectivity index (χ4v) is 3.28. The van der Waals surface area contributed by atoms with Crippen molar-refractivity contribution >= 4 is 23.2 Å². The first-order chi connectivity index (χ1) is 10.6. The van der Waals surface area contributed by atoms with E-state index >= 15 is 0 Å². The molecule has 0 unspecified atom stereocenters. The van der Waals surface area contributed by atoms with Crippen molar-refractivity contribution in [1.29, 1.82) is 0 Å². The predicted molar refractivity (Wildman–Crippen MR) is 86.4 cm³/mol. The zero-order chi connectivity index (χ0) is 15.9. The number of hydrogen-bond acceptors (Lipinski definition) is 5. The number of nitrogens with two attached hydrogens (primary N) is 1. The SMILES string of the molecule is CCc1nc(CN2CCN(C(=O)CCCC(N)=O)CC2)cs1. The van der Waals surface area contributed by atoms with Crippen LogP contribution in [0.15, 0.2) is 5.38 Å². The van der Waals surface area contributed by atoms with Crippen LogP contribution >= 0.6 is 11.3 Å². The highest BCUT2D eigenvalue weighted by Crippen LogP contribution is 2.14. The van der Waals surface area contributed by atoms with Crippen molar-refractivity contribution in [3.05, 3.63) is 16.1 Å². The molecule has 0 saturated carbocycles. The summed E-state index contributed by atoms with van der Waals surface area (Å²) >= 11 is 1.71. The molecule has 2 rings (SSSR count). The molecule has 6 nitrogen and oxygen atoms in total. The molecule has 1 saturated heterocycles. The summed E-state index contributed by atoms with van der Waals surface area (Å²) in [6.45, 7) is 6.23. The van der Waals surface area contributed by atoms with Gasteiger partial charge in [-0.1, -0.05) is 6.92 Å². The summed E-state index contributed by atoms with van der Waals surface area (Å²) in [6.07, 6.45) is 2.23. The average molecular weight is 324 g/mol. The first kappa shape index (κ1) is 16.9. The van der Waals surface area contributed by atoms with Crippen LogP contribution in [0.1, 0.15) is 36.9 Å². The molecular formula is C15H24N4O2S. The molecule has 2 amide bonds. The minimum absolute atomic E-state index is 0.128. The zero-order valence-electron chi connectivity index (χ0n) is 13.1. The van der Waals surface area contributed by atoms with Gasteiger partial charge in [0.1, 0.15) is 0 Å². The van der Waals surface area contributed by atoms with Gasteiger partial charge in [0.25, 0.3) is 0 Å². The van der Waals surface area contributed by atoms with Crippen LogP contribution in [0.5, 0.6) is 0 Å². The van der Waals surface area contributed by atoms with Crippen LogP contribution in [0.4, 0.5) is 0 Å². The van der Waals surface area contributed by atoms with Crippen LogP contribution in [0, 0.1) is 0 Å². The van der Waals surface area contributed by atoms with Gasteiger partial charge in [-0.25, -0.2) is 4.98 Å². The number of thiazole rings is 1. The number of hydrogen-bond donors (Lipinski definition) is 1. The second kappa shape index (κ2) is 8.24. The number of rotatable bonds is 7.